The molecule has 0 spiro atoms. The summed E-state index contributed by atoms with van der Waals surface area (Å²) < 4.78 is 8.05. The van der Waals surface area contributed by atoms with Crippen molar-refractivity contribution in [2.45, 2.75) is 12.3 Å². The molecule has 1 nitrogen and oxygen atoms in total. The first-order valence-electron chi connectivity index (χ1n) is 5.38. The van der Waals surface area contributed by atoms with Crippen LogP contribution in [-0.4, -0.2) is 0 Å². The van der Waals surface area contributed by atoms with E-state index in [1.807, 2.05) is 43.3 Å². The number of alkyl halides is 1. The summed E-state index contributed by atoms with van der Waals surface area (Å²) in [6.45, 7) is 2.03. The van der Waals surface area contributed by atoms with Gasteiger partial charge in [-0.15, -0.1) is 0 Å². The maximum atomic E-state index is 5.99. The van der Waals surface area contributed by atoms with E-state index in [2.05, 4.69) is 47.8 Å². The van der Waals surface area contributed by atoms with Gasteiger partial charge in [-0.05, 0) is 42.8 Å². The van der Waals surface area contributed by atoms with E-state index >= 15 is 0 Å². The average Bonchev–Trinajstić information content (AvgIpc) is 2.33. The van der Waals surface area contributed by atoms with Crippen molar-refractivity contribution in [1.29, 1.82) is 0 Å². The Morgan fingerprint density at radius 2 is 1.61 bits per heavy atom. The quantitative estimate of drug-likeness (QED) is 0.522. The molecule has 0 atom stereocenters. The van der Waals surface area contributed by atoms with Gasteiger partial charge in [-0.1, -0.05) is 53.9 Å². The first-order chi connectivity index (χ1) is 8.60. The number of ether oxygens (including phenoxy) is 1. The van der Waals surface area contributed by atoms with E-state index in [0.29, 0.717) is 0 Å². The summed E-state index contributed by atoms with van der Waals surface area (Å²) >= 11 is 10.4. The maximum absolute atomic E-state index is 5.99. The minimum Gasteiger partial charge on any atom is -0.457 e. The number of benzene rings is 2. The lowest BCUT2D eigenvalue weighted by Crippen LogP contribution is -1.91. The lowest BCUT2D eigenvalue weighted by Gasteiger charge is -2.12. The van der Waals surface area contributed by atoms with Gasteiger partial charge in [0.2, 0.25) is 0 Å². The number of rotatable bonds is 3. The van der Waals surface area contributed by atoms with Gasteiger partial charge in [0.1, 0.15) is 11.5 Å². The van der Waals surface area contributed by atoms with E-state index in [9.17, 15) is 0 Å². The van der Waals surface area contributed by atoms with Crippen molar-refractivity contribution in [2.24, 2.45) is 0 Å². The van der Waals surface area contributed by atoms with Crippen LogP contribution in [0.25, 0.3) is 0 Å². The average molecular weight is 435 g/mol. The second-order valence-electron chi connectivity index (χ2n) is 3.90. The van der Waals surface area contributed by atoms with Gasteiger partial charge in [-0.3, -0.25) is 0 Å². The lowest BCUT2D eigenvalue weighted by atomic mass is 10.2. The molecular weight excluding hydrogens is 424 g/mol. The van der Waals surface area contributed by atoms with Crippen molar-refractivity contribution in [2.75, 3.05) is 0 Å². The molecule has 18 heavy (non-hydrogen) atoms. The van der Waals surface area contributed by atoms with Gasteiger partial charge in [0.15, 0.2) is 0 Å². The van der Waals surface area contributed by atoms with E-state index in [1.54, 1.807) is 0 Å². The monoisotopic (exact) mass is 432 g/mol. The number of aryl methyl sites for hydroxylation is 1. The summed E-state index contributed by atoms with van der Waals surface area (Å²) in [5, 5.41) is 0.769. The molecule has 0 aliphatic rings. The minimum absolute atomic E-state index is 0.769. The topological polar surface area (TPSA) is 9.23 Å². The third-order valence-corrected chi connectivity index (χ3v) is 4.12. The summed E-state index contributed by atoms with van der Waals surface area (Å²) in [4.78, 5) is 0. The molecule has 4 heteroatoms. The van der Waals surface area contributed by atoms with E-state index in [1.165, 1.54) is 0 Å². The van der Waals surface area contributed by atoms with Crippen LogP contribution >= 0.6 is 47.8 Å². The third-order valence-electron chi connectivity index (χ3n) is 2.53. The fraction of sp³-hybridized carbons (Fsp3) is 0.143. The van der Waals surface area contributed by atoms with Crippen LogP contribution in [0.1, 0.15) is 11.1 Å². The van der Waals surface area contributed by atoms with Crippen molar-refractivity contribution < 1.29 is 4.74 Å². The van der Waals surface area contributed by atoms with Crippen molar-refractivity contribution in [3.8, 4) is 11.5 Å². The molecule has 0 N–H and O–H groups in total. The fourth-order valence-electron chi connectivity index (χ4n) is 1.58. The summed E-state index contributed by atoms with van der Waals surface area (Å²) in [5.41, 5.74) is 2.23. The molecule has 0 fully saturated rings. The first-order valence-corrected chi connectivity index (χ1v) is 8.09. The SMILES string of the molecule is Cc1cc(Br)ccc1Oc1cc(Br)ccc1CBr. The zero-order valence-electron chi connectivity index (χ0n) is 9.71. The van der Waals surface area contributed by atoms with E-state index in [0.717, 1.165) is 36.9 Å². The predicted octanol–water partition coefficient (Wildman–Crippen LogP) is 6.21. The summed E-state index contributed by atoms with van der Waals surface area (Å²) in [7, 11) is 0. The smallest absolute Gasteiger partial charge is 0.132 e. The maximum Gasteiger partial charge on any atom is 0.132 e. The Labute approximate surface area is 132 Å². The molecule has 0 aromatic heterocycles. The highest BCUT2D eigenvalue weighted by Gasteiger charge is 2.07. The summed E-state index contributed by atoms with van der Waals surface area (Å²) in [6, 6.07) is 12.0. The molecule has 0 heterocycles. The molecule has 0 bridgehead atoms. The Hall–Kier alpha value is -0.320. The van der Waals surface area contributed by atoms with Crippen molar-refractivity contribution in [1.82, 2.24) is 0 Å². The number of hydrogen-bond acceptors (Lipinski definition) is 1. The van der Waals surface area contributed by atoms with Crippen LogP contribution in [0, 0.1) is 6.92 Å². The molecule has 0 unspecified atom stereocenters. The van der Waals surface area contributed by atoms with Crippen molar-refractivity contribution in [3.05, 3.63) is 56.5 Å². The van der Waals surface area contributed by atoms with Crippen LogP contribution < -0.4 is 4.74 Å². The predicted molar refractivity (Wildman–Crippen MR) is 85.7 cm³/mol. The number of halogens is 3. The number of hydrogen-bond donors (Lipinski definition) is 0. The molecule has 0 saturated heterocycles. The van der Waals surface area contributed by atoms with Gasteiger partial charge < -0.3 is 4.74 Å². The molecule has 0 radical (unpaired) electrons. The highest BCUT2D eigenvalue weighted by molar-refractivity contribution is 9.10. The first kappa shape index (κ1) is 14.1. The van der Waals surface area contributed by atoms with E-state index < -0.39 is 0 Å². The fourth-order valence-corrected chi connectivity index (χ4v) is 2.86. The highest BCUT2D eigenvalue weighted by atomic mass is 79.9. The largest absolute Gasteiger partial charge is 0.457 e. The van der Waals surface area contributed by atoms with Crippen LogP contribution in [0.2, 0.25) is 0 Å². The second kappa shape index (κ2) is 6.22. The van der Waals surface area contributed by atoms with Crippen LogP contribution in [0.3, 0.4) is 0 Å². The standard InChI is InChI=1S/C14H11Br3O/c1-9-6-11(16)4-5-13(9)18-14-7-12(17)3-2-10(14)8-15/h2-7H,8H2,1H3. The van der Waals surface area contributed by atoms with Gasteiger partial charge in [0.25, 0.3) is 0 Å². The third kappa shape index (κ3) is 3.37. The Morgan fingerprint density at radius 1 is 0.944 bits per heavy atom. The van der Waals surface area contributed by atoms with Crippen molar-refractivity contribution in [3.63, 3.8) is 0 Å². The zero-order chi connectivity index (χ0) is 13.1. The molecule has 0 aliphatic carbocycles. The van der Waals surface area contributed by atoms with Crippen LogP contribution in [0.15, 0.2) is 45.3 Å². The van der Waals surface area contributed by atoms with E-state index in [-0.39, 0.29) is 0 Å². The lowest BCUT2D eigenvalue weighted by molar-refractivity contribution is 0.474. The molecular formula is C14H11Br3O. The Kier molecular flexibility index (Phi) is 4.87. The molecule has 2 aromatic carbocycles. The molecule has 94 valence electrons. The molecule has 0 aliphatic heterocycles. The second-order valence-corrected chi connectivity index (χ2v) is 6.29. The van der Waals surface area contributed by atoms with Crippen LogP contribution in [-0.2, 0) is 5.33 Å². The molecule has 2 rings (SSSR count). The van der Waals surface area contributed by atoms with Crippen LogP contribution in [0.4, 0.5) is 0 Å². The van der Waals surface area contributed by atoms with Gasteiger partial charge in [0, 0.05) is 19.8 Å². The zero-order valence-corrected chi connectivity index (χ0v) is 14.5. The highest BCUT2D eigenvalue weighted by Crippen LogP contribution is 2.32. The van der Waals surface area contributed by atoms with Crippen LogP contribution in [0.5, 0.6) is 11.5 Å². The van der Waals surface area contributed by atoms with Gasteiger partial charge in [-0.25, -0.2) is 0 Å². The molecule has 0 amide bonds. The van der Waals surface area contributed by atoms with E-state index in [4.69, 9.17) is 4.74 Å². The normalized spacial score (nSPS) is 10.4. The summed E-state index contributed by atoms with van der Waals surface area (Å²) in [6.07, 6.45) is 0. The molecule has 0 saturated carbocycles. The minimum atomic E-state index is 0.769. The molecule has 2 aromatic rings. The van der Waals surface area contributed by atoms with Crippen molar-refractivity contribution >= 4 is 47.8 Å². The Bertz CT molecular complexity index is 567. The Balaban J connectivity index is 2.36. The van der Waals surface area contributed by atoms with Gasteiger partial charge >= 0.3 is 0 Å². The van der Waals surface area contributed by atoms with Gasteiger partial charge in [-0.2, -0.15) is 0 Å². The Morgan fingerprint density at radius 3 is 2.28 bits per heavy atom. The summed E-state index contributed by atoms with van der Waals surface area (Å²) in [5.74, 6) is 1.74. The van der Waals surface area contributed by atoms with Gasteiger partial charge in [0.05, 0.1) is 0 Å².